The first kappa shape index (κ1) is 56.0. The molecule has 2 aliphatic carbocycles. The molecule has 13 aromatic carbocycles. The smallest absolute Gasteiger partial charge is 0.0466 e. The number of rotatable bonds is 12. The Kier molecular flexibility index (Phi) is 13.8. The Hall–Kier alpha value is -10.5. The zero-order valence-electron chi connectivity index (χ0n) is 52.6. The van der Waals surface area contributed by atoms with E-state index in [1.165, 1.54) is 133 Å². The molecule has 0 radical (unpaired) electrons. The summed E-state index contributed by atoms with van der Waals surface area (Å²) < 4.78 is 0. The van der Waals surface area contributed by atoms with Gasteiger partial charge < -0.3 is 9.80 Å². The molecule has 0 atom stereocenters. The van der Waals surface area contributed by atoms with Crippen molar-refractivity contribution >= 4 is 80.0 Å². The van der Waals surface area contributed by atoms with Gasteiger partial charge in [-0.2, -0.15) is 0 Å². The summed E-state index contributed by atoms with van der Waals surface area (Å²) in [6.45, 7) is 18.3. The predicted molar refractivity (Wildman–Crippen MR) is 387 cm³/mol. The number of hydrogen-bond donors (Lipinski definition) is 0. The number of benzene rings is 13. The zero-order chi connectivity index (χ0) is 61.4. The second-order valence-electron chi connectivity index (χ2n) is 26.2. The van der Waals surface area contributed by atoms with Gasteiger partial charge in [-0.05, 0) is 233 Å². The lowest BCUT2D eigenvalue weighted by atomic mass is 9.81. The third-order valence-corrected chi connectivity index (χ3v) is 19.1. The number of hydrogen-bond acceptors (Lipinski definition) is 2. The van der Waals surface area contributed by atoms with Crippen molar-refractivity contribution in [2.45, 2.75) is 66.2 Å². The maximum atomic E-state index is 2.44. The summed E-state index contributed by atoms with van der Waals surface area (Å²) in [6.07, 6.45) is 9.01. The van der Waals surface area contributed by atoms with Crippen molar-refractivity contribution in [2.24, 2.45) is 0 Å². The monoisotopic (exact) mass is 1160 g/mol. The zero-order valence-corrected chi connectivity index (χ0v) is 52.6. The van der Waals surface area contributed by atoms with Crippen molar-refractivity contribution in [3.05, 3.63) is 334 Å². The Bertz CT molecular complexity index is 4660. The fourth-order valence-corrected chi connectivity index (χ4v) is 14.7. The van der Waals surface area contributed by atoms with E-state index in [0.29, 0.717) is 0 Å². The molecule has 15 rings (SSSR count). The Balaban J connectivity index is 0.651. The van der Waals surface area contributed by atoms with E-state index in [-0.39, 0.29) is 10.8 Å². The van der Waals surface area contributed by atoms with Gasteiger partial charge in [-0.15, -0.1) is 0 Å². The highest BCUT2D eigenvalue weighted by Gasteiger charge is 2.38. The van der Waals surface area contributed by atoms with E-state index in [2.05, 4.69) is 356 Å². The average molecular weight is 1160 g/mol. The lowest BCUT2D eigenvalue weighted by Crippen LogP contribution is -2.17. The van der Waals surface area contributed by atoms with Crippen molar-refractivity contribution in [2.75, 3.05) is 9.80 Å². The van der Waals surface area contributed by atoms with Crippen molar-refractivity contribution in [1.29, 1.82) is 0 Å². The van der Waals surface area contributed by atoms with Crippen molar-refractivity contribution in [3.8, 4) is 44.5 Å². The molecule has 434 valence electrons. The summed E-state index contributed by atoms with van der Waals surface area (Å²) in [7, 11) is 0. The van der Waals surface area contributed by atoms with Crippen LogP contribution in [0.25, 0.3) is 90.4 Å². The number of anilines is 6. The number of fused-ring (bicyclic) bond motifs is 8. The van der Waals surface area contributed by atoms with Gasteiger partial charge >= 0.3 is 0 Å². The summed E-state index contributed by atoms with van der Waals surface area (Å²) in [5.41, 5.74) is 31.7. The molecule has 0 N–H and O–H groups in total. The first-order valence-corrected chi connectivity index (χ1v) is 31.7. The maximum absolute atomic E-state index is 2.44. The van der Waals surface area contributed by atoms with Crippen LogP contribution in [-0.4, -0.2) is 0 Å². The molecule has 0 saturated heterocycles. The lowest BCUT2D eigenvalue weighted by molar-refractivity contribution is 0.660. The van der Waals surface area contributed by atoms with Crippen LogP contribution in [0.5, 0.6) is 0 Å². The number of aryl methyl sites for hydroxylation is 4. The van der Waals surface area contributed by atoms with Gasteiger partial charge in [0.1, 0.15) is 0 Å². The summed E-state index contributed by atoms with van der Waals surface area (Å²) in [4.78, 5) is 4.86. The van der Waals surface area contributed by atoms with Crippen LogP contribution in [0, 0.1) is 27.7 Å². The molecule has 0 aliphatic heterocycles. The predicted octanol–water partition coefficient (Wildman–Crippen LogP) is 24.5. The molecule has 0 amide bonds. The minimum atomic E-state index is -0.204. The van der Waals surface area contributed by atoms with Crippen molar-refractivity contribution in [3.63, 3.8) is 0 Å². The molecule has 0 aromatic heterocycles. The van der Waals surface area contributed by atoms with Gasteiger partial charge in [-0.3, -0.25) is 0 Å². The molecule has 90 heavy (non-hydrogen) atoms. The lowest BCUT2D eigenvalue weighted by Gasteiger charge is -2.29. The minimum absolute atomic E-state index is 0.204. The van der Waals surface area contributed by atoms with Gasteiger partial charge in [0.2, 0.25) is 0 Å². The Labute approximate surface area is 531 Å². The molecule has 2 nitrogen and oxygen atoms in total. The Morgan fingerprint density at radius 3 is 0.944 bits per heavy atom. The third-order valence-electron chi connectivity index (χ3n) is 19.1. The molecular weight excluding hydrogens is 1080 g/mol. The molecule has 2 aliphatic rings. The van der Waals surface area contributed by atoms with Gasteiger partial charge in [-0.1, -0.05) is 246 Å². The van der Waals surface area contributed by atoms with Crippen LogP contribution < -0.4 is 9.80 Å². The highest BCUT2D eigenvalue weighted by atomic mass is 15.1. The first-order chi connectivity index (χ1) is 43.7. The topological polar surface area (TPSA) is 6.48 Å². The van der Waals surface area contributed by atoms with E-state index in [9.17, 15) is 0 Å². The minimum Gasteiger partial charge on any atom is -0.310 e. The molecule has 13 aromatic rings. The summed E-state index contributed by atoms with van der Waals surface area (Å²) in [5.74, 6) is 0. The van der Waals surface area contributed by atoms with E-state index < -0.39 is 0 Å². The van der Waals surface area contributed by atoms with Gasteiger partial charge in [-0.25, -0.2) is 0 Å². The fraction of sp³-hybridized carbons (Fsp3) is 0.114. The van der Waals surface area contributed by atoms with Crippen molar-refractivity contribution in [1.82, 2.24) is 0 Å². The van der Waals surface area contributed by atoms with E-state index >= 15 is 0 Å². The second-order valence-corrected chi connectivity index (χ2v) is 26.2. The van der Waals surface area contributed by atoms with Crippen LogP contribution in [0.3, 0.4) is 0 Å². The Morgan fingerprint density at radius 1 is 0.244 bits per heavy atom. The first-order valence-electron chi connectivity index (χ1n) is 31.7. The average Bonchev–Trinajstić information content (AvgIpc) is 1.58. The van der Waals surface area contributed by atoms with E-state index in [1.54, 1.807) is 0 Å². The van der Waals surface area contributed by atoms with Gasteiger partial charge in [0, 0.05) is 45.0 Å². The highest BCUT2D eigenvalue weighted by Crippen LogP contribution is 2.53. The third kappa shape index (κ3) is 10.1. The van der Waals surface area contributed by atoms with Gasteiger partial charge in [0.15, 0.2) is 0 Å². The van der Waals surface area contributed by atoms with E-state index in [0.717, 1.165) is 34.1 Å². The molecule has 0 fully saturated rings. The number of nitrogens with zero attached hydrogens (tertiary/aromatic N) is 2. The quantitative estimate of drug-likeness (QED) is 0.113. The maximum Gasteiger partial charge on any atom is 0.0466 e. The van der Waals surface area contributed by atoms with E-state index in [4.69, 9.17) is 0 Å². The van der Waals surface area contributed by atoms with Crippen LogP contribution in [-0.2, 0) is 10.8 Å². The summed E-state index contributed by atoms with van der Waals surface area (Å²) >= 11 is 0. The molecule has 0 unspecified atom stereocenters. The van der Waals surface area contributed by atoms with Gasteiger partial charge in [0.05, 0.1) is 0 Å². The second kappa shape index (κ2) is 22.2. The largest absolute Gasteiger partial charge is 0.310 e. The molecule has 0 bridgehead atoms. The Morgan fingerprint density at radius 2 is 0.556 bits per heavy atom. The van der Waals surface area contributed by atoms with Crippen LogP contribution in [0.4, 0.5) is 34.1 Å². The highest BCUT2D eigenvalue weighted by molar-refractivity contribution is 5.99. The molecular formula is C88H72N2. The molecule has 0 saturated carbocycles. The van der Waals surface area contributed by atoms with Crippen LogP contribution in [0.1, 0.15) is 94.5 Å². The van der Waals surface area contributed by atoms with Gasteiger partial charge in [0.25, 0.3) is 0 Å². The fourth-order valence-electron chi connectivity index (χ4n) is 14.7. The molecule has 0 spiro atoms. The molecule has 2 heteroatoms. The molecule has 0 heterocycles. The standard InChI is InChI=1S/C88H72N2/c1-57-47-58(2)50-73(49-57)89(69-37-33-67(34-38-69)77-21-13-17-65-15-9-11-19-75(65)77)71-41-45-81-79-43-31-63(53-83(79)87(5,6)85(81)55-71)29-27-61-23-25-62(26-24-61)28-30-64-32-44-80-82-46-42-72(56-86(82)88(7,8)84(80)54-64)90(74-51-59(3)48-60(4)52-74)70-39-35-68(36-40-70)78-22-14-18-66-16-10-12-20-76(66)78/h9-56H,1-8H3. The normalized spacial score (nSPS) is 13.4. The summed E-state index contributed by atoms with van der Waals surface area (Å²) in [6, 6.07) is 99.5. The van der Waals surface area contributed by atoms with Crippen LogP contribution in [0.2, 0.25) is 0 Å². The van der Waals surface area contributed by atoms with Crippen LogP contribution in [0.15, 0.2) is 267 Å². The summed E-state index contributed by atoms with van der Waals surface area (Å²) in [5, 5.41) is 5.04. The SMILES string of the molecule is Cc1cc(C)cc(N(c2ccc(-c3cccc4ccccc34)cc2)c2ccc3c(c2)C(C)(C)c2cc(C=Cc4ccc(C=Cc5ccc6c(c5)C(C)(C)c5cc(N(c7ccc(-c8cccc9ccccc89)cc7)c7cc(C)cc(C)c7)ccc5-6)cc4)ccc2-3)c1. The van der Waals surface area contributed by atoms with Crippen LogP contribution >= 0.6 is 0 Å². The van der Waals surface area contributed by atoms with Crippen molar-refractivity contribution < 1.29 is 0 Å². The van der Waals surface area contributed by atoms with E-state index in [1.807, 2.05) is 0 Å².